The number of amides is 1. The van der Waals surface area contributed by atoms with Crippen molar-refractivity contribution in [3.63, 3.8) is 0 Å². The monoisotopic (exact) mass is 352 g/mol. The van der Waals surface area contributed by atoms with Gasteiger partial charge in [-0.1, -0.05) is 35.8 Å². The fraction of sp³-hybridized carbons (Fsp3) is 0.467. The van der Waals surface area contributed by atoms with Gasteiger partial charge in [0.15, 0.2) is 5.03 Å². The maximum atomic E-state index is 11.9. The van der Waals surface area contributed by atoms with Crippen LogP contribution in [0, 0.1) is 10.1 Å². The molecule has 0 aromatic heterocycles. The van der Waals surface area contributed by atoms with Gasteiger partial charge in [-0.15, -0.1) is 0 Å². The molecule has 1 amide bonds. The highest BCUT2D eigenvalue weighted by atomic mass is 16.7. The average Bonchev–Trinajstić information content (AvgIpc) is 2.58. The van der Waals surface area contributed by atoms with Crippen LogP contribution in [0.2, 0.25) is 0 Å². The number of hydrogen-bond donors (Lipinski definition) is 5. The summed E-state index contributed by atoms with van der Waals surface area (Å²) in [5.41, 5.74) is 13.8. The predicted molar refractivity (Wildman–Crippen MR) is 93.0 cm³/mol. The smallest absolute Gasteiger partial charge is 0.251 e. The average molecular weight is 352 g/mol. The molecule has 1 aromatic rings. The summed E-state index contributed by atoms with van der Waals surface area (Å²) in [5.74, 6) is -0.834. The van der Waals surface area contributed by atoms with E-state index in [0.29, 0.717) is 25.8 Å². The van der Waals surface area contributed by atoms with Crippen molar-refractivity contribution in [2.45, 2.75) is 31.4 Å². The van der Waals surface area contributed by atoms with E-state index in [0.717, 1.165) is 5.56 Å². The van der Waals surface area contributed by atoms with Gasteiger partial charge in [0.05, 0.1) is 0 Å². The molecule has 0 aliphatic carbocycles. The van der Waals surface area contributed by atoms with Crippen molar-refractivity contribution in [2.24, 2.45) is 16.5 Å². The fourth-order valence-corrected chi connectivity index (χ4v) is 2.09. The molecule has 1 rings (SSSR count). The number of nitrogens with zero attached hydrogens (tertiary/aromatic N) is 2. The minimum atomic E-state index is -1.32. The number of carbonyl (C=O) groups is 1. The van der Waals surface area contributed by atoms with Gasteiger partial charge in [-0.3, -0.25) is 4.79 Å². The second-order valence-electron chi connectivity index (χ2n) is 5.41. The van der Waals surface area contributed by atoms with Crippen molar-refractivity contribution >= 4 is 11.9 Å². The van der Waals surface area contributed by atoms with Crippen LogP contribution in [0.5, 0.6) is 0 Å². The number of aliphatic hydroxyl groups is 1. The zero-order valence-corrected chi connectivity index (χ0v) is 13.8. The lowest BCUT2D eigenvalue weighted by Crippen LogP contribution is -2.46. The standard InChI is InChI=1S/C15H24N6O4/c16-12(7-4-9-19-15(17)20-21(24)25)13(22)14(23)18-10-8-11-5-2-1-3-6-11/h1-3,5-6,12-13,22H,4,7-10,16H2,(H,18,23)(H3,17,19,20)/t12-,13?/m0/s1. The second-order valence-corrected chi connectivity index (χ2v) is 5.41. The molecule has 1 aromatic carbocycles. The predicted octanol–water partition coefficient (Wildman–Crippen LogP) is -1.09. The third-order valence-electron chi connectivity index (χ3n) is 3.41. The Hall–Kier alpha value is -2.72. The van der Waals surface area contributed by atoms with Crippen LogP contribution in [0.1, 0.15) is 18.4 Å². The van der Waals surface area contributed by atoms with Gasteiger partial charge in [0.2, 0.25) is 5.91 Å². The van der Waals surface area contributed by atoms with E-state index in [9.17, 15) is 20.0 Å². The summed E-state index contributed by atoms with van der Waals surface area (Å²) < 4.78 is 0. The molecule has 10 nitrogen and oxygen atoms in total. The molecule has 0 saturated heterocycles. The van der Waals surface area contributed by atoms with Crippen molar-refractivity contribution in [3.8, 4) is 0 Å². The molecule has 0 aliphatic heterocycles. The molecule has 1 unspecified atom stereocenters. The molecular formula is C15H24N6O4. The maximum Gasteiger partial charge on any atom is 0.251 e. The number of rotatable bonds is 10. The van der Waals surface area contributed by atoms with Crippen LogP contribution in [0.25, 0.3) is 0 Å². The van der Waals surface area contributed by atoms with E-state index in [4.69, 9.17) is 11.5 Å². The molecule has 0 radical (unpaired) electrons. The van der Waals surface area contributed by atoms with E-state index in [2.05, 4.69) is 10.3 Å². The van der Waals surface area contributed by atoms with Crippen LogP contribution in [0.4, 0.5) is 0 Å². The Labute approximate surface area is 145 Å². The van der Waals surface area contributed by atoms with Crippen molar-refractivity contribution in [1.82, 2.24) is 10.7 Å². The van der Waals surface area contributed by atoms with E-state index < -0.39 is 23.1 Å². The number of benzene rings is 1. The van der Waals surface area contributed by atoms with Crippen LogP contribution in [-0.2, 0) is 11.2 Å². The van der Waals surface area contributed by atoms with Crippen LogP contribution in [0.3, 0.4) is 0 Å². The lowest BCUT2D eigenvalue weighted by atomic mass is 10.1. The Kier molecular flexibility index (Phi) is 8.90. The molecule has 7 N–H and O–H groups in total. The summed E-state index contributed by atoms with van der Waals surface area (Å²) in [6.45, 7) is 0.600. The quantitative estimate of drug-likeness (QED) is 0.117. The second kappa shape index (κ2) is 10.9. The van der Waals surface area contributed by atoms with Gasteiger partial charge in [-0.2, -0.15) is 0 Å². The molecule has 0 fully saturated rings. The molecule has 25 heavy (non-hydrogen) atoms. The largest absolute Gasteiger partial charge is 0.382 e. The van der Waals surface area contributed by atoms with Gasteiger partial charge in [-0.05, 0) is 24.8 Å². The zero-order valence-electron chi connectivity index (χ0n) is 13.8. The van der Waals surface area contributed by atoms with Crippen LogP contribution < -0.4 is 22.2 Å². The Balaban J connectivity index is 2.24. The topological polar surface area (TPSA) is 169 Å². The summed E-state index contributed by atoms with van der Waals surface area (Å²) in [7, 11) is 0. The molecule has 0 bridgehead atoms. The van der Waals surface area contributed by atoms with Crippen molar-refractivity contribution in [2.75, 3.05) is 13.1 Å². The highest BCUT2D eigenvalue weighted by Gasteiger charge is 2.22. The lowest BCUT2D eigenvalue weighted by Gasteiger charge is -2.18. The zero-order chi connectivity index (χ0) is 18.7. The van der Waals surface area contributed by atoms with Crippen LogP contribution >= 0.6 is 0 Å². The number of aliphatic hydroxyl groups excluding tert-OH is 1. The van der Waals surface area contributed by atoms with Gasteiger partial charge in [0.25, 0.3) is 5.96 Å². The first kappa shape index (κ1) is 20.3. The first-order chi connectivity index (χ1) is 11.9. The van der Waals surface area contributed by atoms with Crippen molar-refractivity contribution in [3.05, 3.63) is 46.0 Å². The number of carbonyl (C=O) groups excluding carboxylic acids is 1. The Bertz CT molecular complexity index is 581. The number of aliphatic imine (C=N–C) groups is 1. The van der Waals surface area contributed by atoms with Gasteiger partial charge >= 0.3 is 0 Å². The highest BCUT2D eigenvalue weighted by molar-refractivity contribution is 5.81. The van der Waals surface area contributed by atoms with Gasteiger partial charge in [-0.25, -0.2) is 15.1 Å². The summed E-state index contributed by atoms with van der Waals surface area (Å²) in [5, 5.41) is 21.9. The molecule has 138 valence electrons. The summed E-state index contributed by atoms with van der Waals surface area (Å²) in [6.07, 6.45) is 0.0819. The molecule has 0 heterocycles. The maximum absolute atomic E-state index is 11.9. The molecule has 0 saturated carbocycles. The highest BCUT2D eigenvalue weighted by Crippen LogP contribution is 2.02. The molecule has 0 spiro atoms. The van der Waals surface area contributed by atoms with Gasteiger partial charge in [0.1, 0.15) is 6.10 Å². The number of nitrogens with one attached hydrogen (secondary N) is 2. The first-order valence-electron chi connectivity index (χ1n) is 7.86. The Morgan fingerprint density at radius 1 is 1.36 bits per heavy atom. The summed E-state index contributed by atoms with van der Waals surface area (Å²) >= 11 is 0. The third-order valence-corrected chi connectivity index (χ3v) is 3.41. The number of guanidine groups is 1. The van der Waals surface area contributed by atoms with E-state index in [1.807, 2.05) is 30.3 Å². The summed E-state index contributed by atoms with van der Waals surface area (Å²) in [6, 6.07) is 8.89. The van der Waals surface area contributed by atoms with E-state index in [1.54, 1.807) is 5.43 Å². The number of nitro groups is 1. The number of hydrogen-bond acceptors (Lipinski definition) is 6. The lowest BCUT2D eigenvalue weighted by molar-refractivity contribution is -0.525. The van der Waals surface area contributed by atoms with E-state index in [-0.39, 0.29) is 12.5 Å². The molecule has 2 atom stereocenters. The Morgan fingerprint density at radius 2 is 2.04 bits per heavy atom. The minimum absolute atomic E-state index is 0.197. The van der Waals surface area contributed by atoms with E-state index >= 15 is 0 Å². The van der Waals surface area contributed by atoms with Crippen molar-refractivity contribution < 1.29 is 14.9 Å². The van der Waals surface area contributed by atoms with E-state index in [1.165, 1.54) is 0 Å². The van der Waals surface area contributed by atoms with Crippen molar-refractivity contribution in [1.29, 1.82) is 0 Å². The molecular weight excluding hydrogens is 328 g/mol. The summed E-state index contributed by atoms with van der Waals surface area (Å²) in [4.78, 5) is 25.7. The fourth-order valence-electron chi connectivity index (χ4n) is 2.09. The Morgan fingerprint density at radius 3 is 2.68 bits per heavy atom. The molecule has 10 heteroatoms. The SMILES string of the molecule is NC(=NCCC[C@H](N)C(O)C(=O)NCCc1ccccc1)N[N+](=O)[O-]. The number of hydrazine groups is 1. The first-order valence-corrected chi connectivity index (χ1v) is 7.86. The third kappa shape index (κ3) is 8.63. The number of nitrogens with two attached hydrogens (primary N) is 2. The van der Waals surface area contributed by atoms with Crippen LogP contribution in [0.15, 0.2) is 35.3 Å². The van der Waals surface area contributed by atoms with Gasteiger partial charge < -0.3 is 21.9 Å². The minimum Gasteiger partial charge on any atom is -0.382 e. The van der Waals surface area contributed by atoms with Gasteiger partial charge in [0, 0.05) is 19.1 Å². The molecule has 0 aliphatic rings. The normalized spacial score (nSPS) is 13.8. The van der Waals surface area contributed by atoms with Crippen LogP contribution in [-0.4, -0.2) is 47.2 Å².